The smallest absolute Gasteiger partial charge is 0.269 e. The minimum Gasteiger partial charge on any atom is -0.349 e. The summed E-state index contributed by atoms with van der Waals surface area (Å²) in [6.45, 7) is 4.67. The third-order valence-electron chi connectivity index (χ3n) is 3.05. The van der Waals surface area contributed by atoms with E-state index in [-0.39, 0.29) is 11.4 Å². The number of likely N-dealkylation sites (N-methyl/N-ethyl adjacent to an activating group) is 1. The normalized spacial score (nSPS) is 11.4. The van der Waals surface area contributed by atoms with Crippen molar-refractivity contribution in [1.82, 2.24) is 15.2 Å². The second-order valence-corrected chi connectivity index (χ2v) is 4.97. The van der Waals surface area contributed by atoms with Crippen LogP contribution >= 0.6 is 0 Å². The zero-order chi connectivity index (χ0) is 13.8. The Bertz CT molecular complexity index is 399. The molecule has 0 unspecified atom stereocenters. The Morgan fingerprint density at radius 2 is 2.11 bits per heavy atom. The van der Waals surface area contributed by atoms with Crippen molar-refractivity contribution in [2.45, 2.75) is 19.4 Å². The first-order valence-corrected chi connectivity index (χ1v) is 5.75. The number of carbonyl (C=O) groups is 1. The van der Waals surface area contributed by atoms with Gasteiger partial charge in [-0.3, -0.25) is 10.6 Å². The molecule has 0 atom stereocenters. The fourth-order valence-corrected chi connectivity index (χ4v) is 1.16. The van der Waals surface area contributed by atoms with Gasteiger partial charge in [0, 0.05) is 12.1 Å². The molecule has 0 saturated carbocycles. The highest BCUT2D eigenvalue weighted by Gasteiger charge is 2.21. The van der Waals surface area contributed by atoms with E-state index < -0.39 is 0 Å². The summed E-state index contributed by atoms with van der Waals surface area (Å²) in [5.74, 6) is 5.04. The molecule has 0 radical (unpaired) electrons. The number of rotatable bonds is 5. The summed E-state index contributed by atoms with van der Waals surface area (Å²) in [6.07, 6.45) is 1.52. The summed E-state index contributed by atoms with van der Waals surface area (Å²) in [4.78, 5) is 18.0. The molecule has 1 heterocycles. The standard InChI is InChI=1S/C12H21N5O/c1-12(2,17(3)4)8-15-11(18)10-6-5-9(16-13)7-14-10/h5-7,16H,8,13H2,1-4H3,(H,15,18). The van der Waals surface area contributed by atoms with Crippen molar-refractivity contribution < 1.29 is 4.79 Å². The Balaban J connectivity index is 2.60. The second-order valence-electron chi connectivity index (χ2n) is 4.97. The molecule has 1 aromatic rings. The lowest BCUT2D eigenvalue weighted by atomic mass is 10.0. The third kappa shape index (κ3) is 3.68. The summed E-state index contributed by atoms with van der Waals surface area (Å²) < 4.78 is 0. The maximum atomic E-state index is 11.9. The van der Waals surface area contributed by atoms with Gasteiger partial charge in [-0.05, 0) is 40.1 Å². The highest BCUT2D eigenvalue weighted by Crippen LogP contribution is 2.09. The Morgan fingerprint density at radius 3 is 2.56 bits per heavy atom. The van der Waals surface area contributed by atoms with E-state index in [1.165, 1.54) is 6.20 Å². The van der Waals surface area contributed by atoms with Crippen LogP contribution in [-0.2, 0) is 0 Å². The van der Waals surface area contributed by atoms with Crippen LogP contribution < -0.4 is 16.6 Å². The molecule has 4 N–H and O–H groups in total. The SMILES string of the molecule is CN(C)C(C)(C)CNC(=O)c1ccc(NN)cn1. The van der Waals surface area contributed by atoms with Crippen LogP contribution in [0.2, 0.25) is 0 Å². The molecule has 0 aliphatic heterocycles. The van der Waals surface area contributed by atoms with Crippen LogP contribution in [0.4, 0.5) is 5.69 Å². The van der Waals surface area contributed by atoms with Crippen molar-refractivity contribution in [1.29, 1.82) is 0 Å². The summed E-state index contributed by atoms with van der Waals surface area (Å²) in [7, 11) is 3.96. The van der Waals surface area contributed by atoms with Gasteiger partial charge in [0.2, 0.25) is 0 Å². The van der Waals surface area contributed by atoms with Crippen LogP contribution in [0.25, 0.3) is 0 Å². The number of amides is 1. The van der Waals surface area contributed by atoms with Crippen molar-refractivity contribution in [3.8, 4) is 0 Å². The number of anilines is 1. The van der Waals surface area contributed by atoms with E-state index in [4.69, 9.17) is 5.84 Å². The Labute approximate surface area is 108 Å². The molecular weight excluding hydrogens is 230 g/mol. The number of pyridine rings is 1. The van der Waals surface area contributed by atoms with Crippen molar-refractivity contribution >= 4 is 11.6 Å². The van der Waals surface area contributed by atoms with Gasteiger partial charge in [-0.2, -0.15) is 0 Å². The molecule has 0 aliphatic rings. The lowest BCUT2D eigenvalue weighted by Gasteiger charge is -2.32. The lowest BCUT2D eigenvalue weighted by molar-refractivity contribution is 0.0915. The van der Waals surface area contributed by atoms with Crippen molar-refractivity contribution in [3.63, 3.8) is 0 Å². The number of nitrogen functional groups attached to an aromatic ring is 1. The second kappa shape index (κ2) is 5.79. The number of nitrogens with zero attached hydrogens (tertiary/aromatic N) is 2. The quantitative estimate of drug-likeness (QED) is 0.522. The van der Waals surface area contributed by atoms with Crippen molar-refractivity contribution in [2.75, 3.05) is 26.1 Å². The molecule has 1 rings (SSSR count). The average molecular weight is 251 g/mol. The van der Waals surface area contributed by atoms with Gasteiger partial charge in [-0.1, -0.05) is 0 Å². The zero-order valence-corrected chi connectivity index (χ0v) is 11.3. The number of hydrogen-bond acceptors (Lipinski definition) is 5. The molecule has 0 aliphatic carbocycles. The van der Waals surface area contributed by atoms with Crippen molar-refractivity contribution in [3.05, 3.63) is 24.0 Å². The zero-order valence-electron chi connectivity index (χ0n) is 11.3. The molecular formula is C12H21N5O. The van der Waals surface area contributed by atoms with Gasteiger partial charge < -0.3 is 15.6 Å². The molecule has 0 bridgehead atoms. The van der Waals surface area contributed by atoms with Crippen LogP contribution in [0.5, 0.6) is 0 Å². The predicted molar refractivity (Wildman–Crippen MR) is 72.1 cm³/mol. The summed E-state index contributed by atoms with van der Waals surface area (Å²) >= 11 is 0. The van der Waals surface area contributed by atoms with E-state index in [0.717, 1.165) is 0 Å². The number of nitrogens with one attached hydrogen (secondary N) is 2. The van der Waals surface area contributed by atoms with E-state index in [9.17, 15) is 4.79 Å². The largest absolute Gasteiger partial charge is 0.349 e. The average Bonchev–Trinajstić information content (AvgIpc) is 2.36. The van der Waals surface area contributed by atoms with E-state index in [2.05, 4.69) is 34.5 Å². The van der Waals surface area contributed by atoms with E-state index in [0.29, 0.717) is 17.9 Å². The molecule has 6 heteroatoms. The molecule has 1 amide bonds. The molecule has 18 heavy (non-hydrogen) atoms. The fourth-order valence-electron chi connectivity index (χ4n) is 1.16. The number of hydrogen-bond donors (Lipinski definition) is 3. The third-order valence-corrected chi connectivity index (χ3v) is 3.05. The first-order valence-electron chi connectivity index (χ1n) is 5.75. The van der Waals surface area contributed by atoms with Gasteiger partial charge in [-0.25, -0.2) is 4.98 Å². The van der Waals surface area contributed by atoms with Gasteiger partial charge in [0.05, 0.1) is 11.9 Å². The predicted octanol–water partition coefficient (Wildman–Crippen LogP) is 0.437. The first kappa shape index (κ1) is 14.4. The summed E-state index contributed by atoms with van der Waals surface area (Å²) in [6, 6.07) is 3.34. The number of nitrogens with two attached hydrogens (primary N) is 1. The maximum absolute atomic E-state index is 11.9. The Hall–Kier alpha value is -1.66. The number of aromatic nitrogens is 1. The van der Waals surface area contributed by atoms with E-state index in [1.807, 2.05) is 14.1 Å². The number of carbonyl (C=O) groups excluding carboxylic acids is 1. The lowest BCUT2D eigenvalue weighted by Crippen LogP contribution is -2.48. The minimum atomic E-state index is -0.187. The maximum Gasteiger partial charge on any atom is 0.269 e. The van der Waals surface area contributed by atoms with E-state index in [1.54, 1.807) is 12.1 Å². The minimum absolute atomic E-state index is 0.103. The number of hydrazine groups is 1. The van der Waals surface area contributed by atoms with Crippen molar-refractivity contribution in [2.24, 2.45) is 5.84 Å². The Morgan fingerprint density at radius 1 is 1.44 bits per heavy atom. The molecule has 0 spiro atoms. The first-order chi connectivity index (χ1) is 8.36. The highest BCUT2D eigenvalue weighted by molar-refractivity contribution is 5.92. The fraction of sp³-hybridized carbons (Fsp3) is 0.500. The van der Waals surface area contributed by atoms with Crippen LogP contribution in [0.3, 0.4) is 0 Å². The molecule has 100 valence electrons. The summed E-state index contributed by atoms with van der Waals surface area (Å²) in [5, 5.41) is 2.86. The molecule has 0 saturated heterocycles. The molecule has 1 aromatic heterocycles. The van der Waals surface area contributed by atoms with Crippen LogP contribution in [0, 0.1) is 0 Å². The monoisotopic (exact) mass is 251 g/mol. The van der Waals surface area contributed by atoms with Gasteiger partial charge in [0.25, 0.3) is 5.91 Å². The van der Waals surface area contributed by atoms with Gasteiger partial charge in [0.15, 0.2) is 0 Å². The highest BCUT2D eigenvalue weighted by atomic mass is 16.1. The van der Waals surface area contributed by atoms with E-state index >= 15 is 0 Å². The molecule has 0 fully saturated rings. The van der Waals surface area contributed by atoms with Gasteiger partial charge in [-0.15, -0.1) is 0 Å². The topological polar surface area (TPSA) is 83.3 Å². The van der Waals surface area contributed by atoms with Crippen LogP contribution in [-0.4, -0.2) is 42.0 Å². The van der Waals surface area contributed by atoms with Crippen LogP contribution in [0.15, 0.2) is 18.3 Å². The van der Waals surface area contributed by atoms with Gasteiger partial charge in [0.1, 0.15) is 5.69 Å². The molecule has 6 nitrogen and oxygen atoms in total. The van der Waals surface area contributed by atoms with Gasteiger partial charge >= 0.3 is 0 Å². The van der Waals surface area contributed by atoms with Crippen LogP contribution in [0.1, 0.15) is 24.3 Å². The summed E-state index contributed by atoms with van der Waals surface area (Å²) in [5.41, 5.74) is 3.41. The Kier molecular flexibility index (Phi) is 4.63. The molecule has 0 aromatic carbocycles.